The first kappa shape index (κ1) is 13.3. The molecule has 1 unspecified atom stereocenters. The third-order valence-electron chi connectivity index (χ3n) is 2.90. The normalized spacial score (nSPS) is 18.6. The quantitative estimate of drug-likeness (QED) is 0.766. The van der Waals surface area contributed by atoms with E-state index in [9.17, 15) is 5.26 Å². The van der Waals surface area contributed by atoms with E-state index in [0.717, 1.165) is 30.3 Å². The molecule has 1 atom stereocenters. The number of nitrogens with zero attached hydrogens (tertiary/aromatic N) is 1. The highest BCUT2D eigenvalue weighted by molar-refractivity contribution is 7.99. The molecule has 1 aromatic rings. The smallest absolute Gasteiger partial charge is 0.138 e. The van der Waals surface area contributed by atoms with Gasteiger partial charge >= 0.3 is 0 Å². The first-order chi connectivity index (χ1) is 8.85. The lowest BCUT2D eigenvalue weighted by atomic mass is 10.1. The highest BCUT2D eigenvalue weighted by Gasteiger charge is 2.17. The predicted octanol–water partition coefficient (Wildman–Crippen LogP) is 3.09. The third-order valence-corrected chi connectivity index (χ3v) is 3.84. The Morgan fingerprint density at radius 3 is 3.11 bits per heavy atom. The molecule has 0 N–H and O–H groups in total. The zero-order chi connectivity index (χ0) is 12.8. The molecule has 96 valence electrons. The molecule has 1 aromatic carbocycles. The summed E-state index contributed by atoms with van der Waals surface area (Å²) in [5, 5.41) is 9.25. The van der Waals surface area contributed by atoms with Crippen LogP contribution < -0.4 is 4.74 Å². The minimum absolute atomic E-state index is 0.457. The average Bonchev–Trinajstić information content (AvgIpc) is 2.90. The fraction of sp³-hybridized carbons (Fsp3) is 0.500. The van der Waals surface area contributed by atoms with Crippen molar-refractivity contribution in [3.63, 3.8) is 0 Å². The number of hydrogen-bond donors (Lipinski definition) is 0. The molecule has 3 nitrogen and oxygen atoms in total. The topological polar surface area (TPSA) is 42.2 Å². The van der Waals surface area contributed by atoms with Crippen LogP contribution in [0.3, 0.4) is 0 Å². The average molecular weight is 263 g/mol. The summed E-state index contributed by atoms with van der Waals surface area (Å²) in [5.74, 6) is 2.11. The predicted molar refractivity (Wildman–Crippen MR) is 72.0 cm³/mol. The molecule has 0 amide bonds. The molecule has 0 radical (unpaired) electrons. The van der Waals surface area contributed by atoms with Crippen LogP contribution in [0.2, 0.25) is 0 Å². The van der Waals surface area contributed by atoms with E-state index in [-0.39, 0.29) is 0 Å². The fourth-order valence-corrected chi connectivity index (χ4v) is 2.72. The molecule has 1 aliphatic rings. The van der Waals surface area contributed by atoms with E-state index < -0.39 is 0 Å². The van der Waals surface area contributed by atoms with Crippen LogP contribution in [0.15, 0.2) is 23.1 Å². The summed E-state index contributed by atoms with van der Waals surface area (Å²) in [5.41, 5.74) is 0.656. The van der Waals surface area contributed by atoms with E-state index in [1.165, 1.54) is 0 Å². The Balaban J connectivity index is 2.06. The highest BCUT2D eigenvalue weighted by atomic mass is 32.2. The second kappa shape index (κ2) is 6.67. The number of rotatable bonds is 5. The first-order valence-electron chi connectivity index (χ1n) is 6.21. The van der Waals surface area contributed by atoms with Gasteiger partial charge in [0.05, 0.1) is 13.2 Å². The van der Waals surface area contributed by atoms with Gasteiger partial charge in [0.15, 0.2) is 0 Å². The molecule has 0 saturated carbocycles. The van der Waals surface area contributed by atoms with Crippen LogP contribution in [0.25, 0.3) is 0 Å². The van der Waals surface area contributed by atoms with E-state index in [0.29, 0.717) is 23.8 Å². The second-order valence-corrected chi connectivity index (χ2v) is 5.52. The van der Waals surface area contributed by atoms with Crippen molar-refractivity contribution in [1.82, 2.24) is 0 Å². The van der Waals surface area contributed by atoms with Crippen molar-refractivity contribution >= 4 is 11.8 Å². The Morgan fingerprint density at radius 1 is 1.56 bits per heavy atom. The van der Waals surface area contributed by atoms with Gasteiger partial charge in [0, 0.05) is 17.4 Å². The van der Waals surface area contributed by atoms with Gasteiger partial charge in [0.1, 0.15) is 17.4 Å². The zero-order valence-electron chi connectivity index (χ0n) is 10.5. The summed E-state index contributed by atoms with van der Waals surface area (Å²) < 4.78 is 11.1. The number of thioether (sulfide) groups is 1. The largest absolute Gasteiger partial charge is 0.492 e. The molecule has 0 aliphatic carbocycles. The van der Waals surface area contributed by atoms with Crippen LogP contribution in [-0.2, 0) is 4.74 Å². The summed E-state index contributed by atoms with van der Waals surface area (Å²) in [6.07, 6.45) is 1.05. The van der Waals surface area contributed by atoms with Gasteiger partial charge in [-0.25, -0.2) is 0 Å². The molecule has 1 aliphatic heterocycles. The minimum atomic E-state index is 0.457. The van der Waals surface area contributed by atoms with Crippen LogP contribution in [0.1, 0.15) is 18.9 Å². The molecule has 1 saturated heterocycles. The number of hydrogen-bond acceptors (Lipinski definition) is 4. The Labute approximate surface area is 112 Å². The van der Waals surface area contributed by atoms with Gasteiger partial charge in [0.25, 0.3) is 0 Å². The Hall–Kier alpha value is -1.18. The Kier molecular flexibility index (Phi) is 4.91. The standard InChI is InChI=1S/C14H17NO2S/c1-2-18-14-5-3-4-13(12(14)8-15)17-10-11-6-7-16-9-11/h3-5,11H,2,6-7,9-10H2,1H3. The molecule has 2 rings (SSSR count). The van der Waals surface area contributed by atoms with Crippen LogP contribution >= 0.6 is 11.8 Å². The van der Waals surface area contributed by atoms with E-state index in [1.54, 1.807) is 11.8 Å². The number of ether oxygens (including phenoxy) is 2. The van der Waals surface area contributed by atoms with Gasteiger partial charge in [-0.3, -0.25) is 0 Å². The van der Waals surface area contributed by atoms with Gasteiger partial charge in [0.2, 0.25) is 0 Å². The van der Waals surface area contributed by atoms with Gasteiger partial charge in [-0.05, 0) is 24.3 Å². The molecule has 0 spiro atoms. The van der Waals surface area contributed by atoms with E-state index in [1.807, 2.05) is 18.2 Å². The third kappa shape index (κ3) is 3.18. The number of nitriles is 1. The van der Waals surface area contributed by atoms with Crippen LogP contribution in [0, 0.1) is 17.2 Å². The van der Waals surface area contributed by atoms with Crippen molar-refractivity contribution in [2.45, 2.75) is 18.2 Å². The lowest BCUT2D eigenvalue weighted by Crippen LogP contribution is -2.12. The molecule has 0 bridgehead atoms. The van der Waals surface area contributed by atoms with Gasteiger partial charge in [-0.1, -0.05) is 13.0 Å². The van der Waals surface area contributed by atoms with Crippen molar-refractivity contribution in [2.24, 2.45) is 5.92 Å². The van der Waals surface area contributed by atoms with Crippen molar-refractivity contribution in [3.05, 3.63) is 23.8 Å². The van der Waals surface area contributed by atoms with Gasteiger partial charge < -0.3 is 9.47 Å². The highest BCUT2D eigenvalue weighted by Crippen LogP contribution is 2.30. The number of benzene rings is 1. The van der Waals surface area contributed by atoms with Crippen molar-refractivity contribution in [2.75, 3.05) is 25.6 Å². The maximum atomic E-state index is 9.25. The van der Waals surface area contributed by atoms with E-state index >= 15 is 0 Å². The Morgan fingerprint density at radius 2 is 2.44 bits per heavy atom. The second-order valence-electron chi connectivity index (χ2n) is 4.21. The maximum Gasteiger partial charge on any atom is 0.138 e. The lowest BCUT2D eigenvalue weighted by Gasteiger charge is -2.13. The Bertz CT molecular complexity index is 436. The molecule has 4 heteroatoms. The lowest BCUT2D eigenvalue weighted by molar-refractivity contribution is 0.167. The fourth-order valence-electron chi connectivity index (χ4n) is 1.94. The summed E-state index contributed by atoms with van der Waals surface area (Å²) in [6.45, 7) is 4.31. The molecular formula is C14H17NO2S. The summed E-state index contributed by atoms with van der Waals surface area (Å²) in [4.78, 5) is 1.00. The monoisotopic (exact) mass is 263 g/mol. The maximum absolute atomic E-state index is 9.25. The van der Waals surface area contributed by atoms with Crippen LogP contribution in [-0.4, -0.2) is 25.6 Å². The molecule has 18 heavy (non-hydrogen) atoms. The van der Waals surface area contributed by atoms with E-state index in [2.05, 4.69) is 13.0 Å². The molecule has 1 fully saturated rings. The SMILES string of the molecule is CCSc1cccc(OCC2CCOC2)c1C#N. The molecule has 0 aromatic heterocycles. The van der Waals surface area contributed by atoms with Crippen molar-refractivity contribution < 1.29 is 9.47 Å². The molecular weight excluding hydrogens is 246 g/mol. The van der Waals surface area contributed by atoms with E-state index in [4.69, 9.17) is 9.47 Å². The van der Waals surface area contributed by atoms with Crippen molar-refractivity contribution in [3.8, 4) is 11.8 Å². The summed E-state index contributed by atoms with van der Waals surface area (Å²) in [7, 11) is 0. The van der Waals surface area contributed by atoms with Crippen molar-refractivity contribution in [1.29, 1.82) is 5.26 Å². The van der Waals surface area contributed by atoms with Gasteiger partial charge in [-0.15, -0.1) is 11.8 Å². The summed E-state index contributed by atoms with van der Waals surface area (Å²) >= 11 is 1.67. The first-order valence-corrected chi connectivity index (χ1v) is 7.20. The van der Waals surface area contributed by atoms with Crippen LogP contribution in [0.4, 0.5) is 0 Å². The van der Waals surface area contributed by atoms with Crippen LogP contribution in [0.5, 0.6) is 5.75 Å². The summed E-state index contributed by atoms with van der Waals surface area (Å²) in [6, 6.07) is 8.03. The zero-order valence-corrected chi connectivity index (χ0v) is 11.3. The minimum Gasteiger partial charge on any atom is -0.492 e. The van der Waals surface area contributed by atoms with Gasteiger partial charge in [-0.2, -0.15) is 5.26 Å². The molecule has 1 heterocycles.